The molecular formula is C10H12F3N3OS. The number of rotatable bonds is 4. The zero-order chi connectivity index (χ0) is 13.8. The highest BCUT2D eigenvalue weighted by Gasteiger charge is 2.32. The highest BCUT2D eigenvalue weighted by atomic mass is 32.3. The molecule has 1 unspecified atom stereocenters. The van der Waals surface area contributed by atoms with Crippen LogP contribution in [-0.4, -0.2) is 18.3 Å². The van der Waals surface area contributed by atoms with E-state index in [0.717, 1.165) is 12.3 Å². The lowest BCUT2D eigenvalue weighted by molar-refractivity contribution is -0.141. The normalized spacial score (nSPS) is 16.4. The van der Waals surface area contributed by atoms with E-state index in [4.69, 9.17) is 9.44 Å². The first-order valence-corrected chi connectivity index (χ1v) is 6.94. The molecule has 0 amide bonds. The van der Waals surface area contributed by atoms with Crippen molar-refractivity contribution in [1.29, 1.82) is 5.26 Å². The van der Waals surface area contributed by atoms with Gasteiger partial charge in [-0.1, -0.05) is 16.6 Å². The van der Waals surface area contributed by atoms with E-state index >= 15 is 0 Å². The molecule has 0 fully saturated rings. The van der Waals surface area contributed by atoms with Gasteiger partial charge in [0, 0.05) is 18.2 Å². The monoisotopic (exact) mass is 279 g/mol. The van der Waals surface area contributed by atoms with E-state index in [1.165, 1.54) is 13.2 Å². The lowest BCUT2D eigenvalue weighted by Crippen LogP contribution is -2.18. The van der Waals surface area contributed by atoms with Crippen molar-refractivity contribution in [2.45, 2.75) is 11.9 Å². The molecule has 100 valence electrons. The van der Waals surface area contributed by atoms with Crippen LogP contribution in [0.1, 0.15) is 11.3 Å². The quantitative estimate of drug-likeness (QED) is 0.680. The summed E-state index contributed by atoms with van der Waals surface area (Å²) in [5.41, 5.74) is -0.362. The van der Waals surface area contributed by atoms with Gasteiger partial charge in [-0.15, -0.1) is 0 Å². The number of halogens is 3. The van der Waals surface area contributed by atoms with Crippen molar-refractivity contribution in [3.05, 3.63) is 29.6 Å². The van der Waals surface area contributed by atoms with Gasteiger partial charge < -0.3 is 4.18 Å². The second-order valence-corrected chi connectivity index (χ2v) is 6.42. The number of aromatic nitrogens is 1. The summed E-state index contributed by atoms with van der Waals surface area (Å²) in [5.74, 6) is 0.308. The molecule has 1 aromatic heterocycles. The van der Waals surface area contributed by atoms with E-state index in [1.807, 2.05) is 0 Å². The molecule has 0 saturated carbocycles. The largest absolute Gasteiger partial charge is 0.433 e. The average Bonchev–Trinajstić information content (AvgIpc) is 2.29. The molecule has 8 heteroatoms. The van der Waals surface area contributed by atoms with Crippen molar-refractivity contribution in [2.75, 3.05) is 13.4 Å². The molecule has 0 aliphatic carbocycles. The van der Waals surface area contributed by atoms with Gasteiger partial charge >= 0.3 is 6.18 Å². The zero-order valence-electron chi connectivity index (χ0n) is 9.78. The van der Waals surface area contributed by atoms with E-state index in [0.29, 0.717) is 11.3 Å². The first kappa shape index (κ1) is 14.6. The van der Waals surface area contributed by atoms with E-state index in [1.54, 1.807) is 12.4 Å². The van der Waals surface area contributed by atoms with Gasteiger partial charge in [0.2, 0.25) is 0 Å². The maximum Gasteiger partial charge on any atom is 0.433 e. The molecule has 0 aromatic carbocycles. The third-order valence-electron chi connectivity index (χ3n) is 2.19. The summed E-state index contributed by atoms with van der Waals surface area (Å²) < 4.78 is 44.6. The first-order chi connectivity index (χ1) is 8.30. The van der Waals surface area contributed by atoms with Gasteiger partial charge in [0.1, 0.15) is 5.69 Å². The fraction of sp³-hybridized carbons (Fsp3) is 0.400. The molecule has 1 aromatic rings. The number of pyridine rings is 1. The lowest BCUT2D eigenvalue weighted by atomic mass is 10.3. The van der Waals surface area contributed by atoms with Gasteiger partial charge in [-0.25, -0.2) is 0 Å². The van der Waals surface area contributed by atoms with Gasteiger partial charge in [0.25, 0.3) is 0 Å². The minimum absolute atomic E-state index is 0.308. The summed E-state index contributed by atoms with van der Waals surface area (Å²) in [7, 11) is -0.419. The maximum atomic E-state index is 12.3. The maximum absolute atomic E-state index is 12.3. The van der Waals surface area contributed by atoms with Gasteiger partial charge in [-0.05, 0) is 11.6 Å². The van der Waals surface area contributed by atoms with Crippen LogP contribution in [0, 0.1) is 11.5 Å². The molecule has 0 bridgehead atoms. The highest BCUT2D eigenvalue weighted by Crippen LogP contribution is 2.43. The molecule has 1 rings (SSSR count). The SMILES string of the molecule is COS(C)(Cc1ccc(C(F)(F)F)nc1)NC#N. The van der Waals surface area contributed by atoms with Crippen LogP contribution in [0.4, 0.5) is 13.2 Å². The summed E-state index contributed by atoms with van der Waals surface area (Å²) in [4.78, 5) is 3.35. The molecule has 0 radical (unpaired) electrons. The molecule has 1 heterocycles. The van der Waals surface area contributed by atoms with Crippen LogP contribution in [0.2, 0.25) is 0 Å². The van der Waals surface area contributed by atoms with Crippen molar-refractivity contribution < 1.29 is 17.4 Å². The van der Waals surface area contributed by atoms with Crippen molar-refractivity contribution in [1.82, 2.24) is 9.71 Å². The number of nitriles is 1. The third kappa shape index (κ3) is 3.78. The lowest BCUT2D eigenvalue weighted by Gasteiger charge is -2.31. The van der Waals surface area contributed by atoms with E-state index < -0.39 is 22.4 Å². The van der Waals surface area contributed by atoms with Gasteiger partial charge in [-0.2, -0.15) is 18.4 Å². The summed E-state index contributed by atoms with van der Waals surface area (Å²) in [6.07, 6.45) is 0.180. The number of alkyl halides is 3. The Labute approximate surface area is 104 Å². The van der Waals surface area contributed by atoms with E-state index in [-0.39, 0.29) is 0 Å². The van der Waals surface area contributed by atoms with Crippen molar-refractivity contribution in [2.24, 2.45) is 0 Å². The fourth-order valence-corrected chi connectivity index (χ4v) is 2.50. The molecule has 0 aliphatic rings. The summed E-state index contributed by atoms with van der Waals surface area (Å²) in [5, 5.41) is 8.58. The number of hydrogen-bond acceptors (Lipinski definition) is 4. The second kappa shape index (κ2) is 5.46. The molecule has 18 heavy (non-hydrogen) atoms. The molecule has 4 nitrogen and oxygen atoms in total. The average molecular weight is 279 g/mol. The van der Waals surface area contributed by atoms with Crippen LogP contribution >= 0.6 is 10.5 Å². The first-order valence-electron chi connectivity index (χ1n) is 4.80. The van der Waals surface area contributed by atoms with Crippen molar-refractivity contribution >= 4 is 10.5 Å². The highest BCUT2D eigenvalue weighted by molar-refractivity contribution is 8.27. The Morgan fingerprint density at radius 2 is 2.17 bits per heavy atom. The second-order valence-electron chi connectivity index (χ2n) is 3.58. The van der Waals surface area contributed by atoms with Crippen LogP contribution < -0.4 is 4.72 Å². The zero-order valence-corrected chi connectivity index (χ0v) is 10.6. The summed E-state index contributed by atoms with van der Waals surface area (Å²) in [6, 6.07) is 2.25. The minimum Gasteiger partial charge on any atom is -0.321 e. The van der Waals surface area contributed by atoms with Gasteiger partial charge in [0.15, 0.2) is 6.19 Å². The third-order valence-corrected chi connectivity index (χ3v) is 4.33. The van der Waals surface area contributed by atoms with Crippen LogP contribution in [0.5, 0.6) is 0 Å². The van der Waals surface area contributed by atoms with E-state index in [9.17, 15) is 13.2 Å². The van der Waals surface area contributed by atoms with Crippen molar-refractivity contribution in [3.63, 3.8) is 0 Å². The predicted molar refractivity (Wildman–Crippen MR) is 62.2 cm³/mol. The fourth-order valence-electron chi connectivity index (χ4n) is 1.23. The minimum atomic E-state index is -4.44. The Morgan fingerprint density at radius 3 is 2.56 bits per heavy atom. The molecule has 0 saturated heterocycles. The van der Waals surface area contributed by atoms with Gasteiger partial charge in [0.05, 0.1) is 7.11 Å². The van der Waals surface area contributed by atoms with Crippen LogP contribution in [0.25, 0.3) is 0 Å². The molecule has 1 N–H and O–H groups in total. The number of nitrogens with zero attached hydrogens (tertiary/aromatic N) is 2. The Balaban J connectivity index is 2.84. The number of nitrogens with one attached hydrogen (secondary N) is 1. The molecule has 1 atom stereocenters. The summed E-state index contributed by atoms with van der Waals surface area (Å²) >= 11 is 0. The Kier molecular flexibility index (Phi) is 4.43. The van der Waals surface area contributed by atoms with Crippen molar-refractivity contribution in [3.8, 4) is 6.19 Å². The van der Waals surface area contributed by atoms with Gasteiger partial charge in [-0.3, -0.25) is 9.71 Å². The Morgan fingerprint density at radius 1 is 1.50 bits per heavy atom. The van der Waals surface area contributed by atoms with E-state index in [2.05, 4.69) is 9.71 Å². The van der Waals surface area contributed by atoms with Crippen LogP contribution in [0.15, 0.2) is 18.3 Å². The smallest absolute Gasteiger partial charge is 0.321 e. The molecule has 0 aliphatic heterocycles. The predicted octanol–water partition coefficient (Wildman–Crippen LogP) is 2.58. The standard InChI is InChI=1S/C10H12F3N3OS/c1-17-18(2,16-7-14)6-8-3-4-9(15-5-8)10(11,12)13/h3-5,16H,6H2,1-2H3. The van der Waals surface area contributed by atoms with Crippen LogP contribution in [0.3, 0.4) is 0 Å². The topological polar surface area (TPSA) is 57.9 Å². The number of hydrogen-bond donors (Lipinski definition) is 1. The summed E-state index contributed by atoms with van der Waals surface area (Å²) in [6.45, 7) is 0. The molecular weight excluding hydrogens is 267 g/mol. The molecule has 0 spiro atoms. The Hall–Kier alpha value is -1.46. The van der Waals surface area contributed by atoms with Crippen LogP contribution in [-0.2, 0) is 16.1 Å². The Bertz CT molecular complexity index is 443.